The third-order valence-corrected chi connectivity index (χ3v) is 2.26. The summed E-state index contributed by atoms with van der Waals surface area (Å²) in [5.74, 6) is -2.04. The van der Waals surface area contributed by atoms with Crippen molar-refractivity contribution < 1.29 is 13.2 Å². The Bertz CT molecular complexity index is 538. The molecule has 1 nitrogen and oxygen atoms in total. The average molecular weight is 223 g/mol. The van der Waals surface area contributed by atoms with E-state index in [0.717, 1.165) is 18.2 Å². The fourth-order valence-corrected chi connectivity index (χ4v) is 1.43. The summed E-state index contributed by atoms with van der Waals surface area (Å²) in [4.78, 5) is 3.75. The molecule has 0 saturated heterocycles. The predicted octanol–water partition coefficient (Wildman–Crippen LogP) is 3.47. The molecule has 2 rings (SSSR count). The van der Waals surface area contributed by atoms with Crippen molar-refractivity contribution in [1.82, 2.24) is 4.98 Å². The molecule has 2 aromatic rings. The van der Waals surface area contributed by atoms with E-state index in [9.17, 15) is 13.2 Å². The molecule has 16 heavy (non-hydrogen) atoms. The maximum atomic E-state index is 13.7. The van der Waals surface area contributed by atoms with Gasteiger partial charge >= 0.3 is 0 Å². The number of hydrogen-bond donors (Lipinski definition) is 0. The molecule has 1 aromatic carbocycles. The van der Waals surface area contributed by atoms with Crippen molar-refractivity contribution >= 4 is 0 Å². The first-order valence-electron chi connectivity index (χ1n) is 4.66. The Morgan fingerprint density at radius 3 is 2.50 bits per heavy atom. The first-order valence-corrected chi connectivity index (χ1v) is 4.66. The fourth-order valence-electron chi connectivity index (χ4n) is 1.43. The summed E-state index contributed by atoms with van der Waals surface area (Å²) in [6, 6.07) is 4.59. The molecule has 0 spiro atoms. The minimum atomic E-state index is -0.749. The lowest BCUT2D eigenvalue weighted by Crippen LogP contribution is -1.95. The Hall–Kier alpha value is -1.84. The van der Waals surface area contributed by atoms with E-state index < -0.39 is 17.5 Å². The van der Waals surface area contributed by atoms with Crippen LogP contribution >= 0.6 is 0 Å². The number of aryl methyl sites for hydroxylation is 1. The summed E-state index contributed by atoms with van der Waals surface area (Å²) in [5, 5.41) is 0. The molecular formula is C12H8F3N. The maximum Gasteiger partial charge on any atom is 0.138 e. The van der Waals surface area contributed by atoms with Gasteiger partial charge in [0.05, 0.1) is 11.3 Å². The molecule has 0 amide bonds. The fraction of sp³-hybridized carbons (Fsp3) is 0.0833. The average Bonchev–Trinajstić information content (AvgIpc) is 2.24. The third kappa shape index (κ3) is 1.78. The number of hydrogen-bond acceptors (Lipinski definition) is 1. The van der Waals surface area contributed by atoms with Crippen molar-refractivity contribution in [3.05, 3.63) is 53.5 Å². The third-order valence-electron chi connectivity index (χ3n) is 2.26. The highest BCUT2D eigenvalue weighted by Gasteiger charge is 2.14. The van der Waals surface area contributed by atoms with Crippen molar-refractivity contribution in [2.45, 2.75) is 6.92 Å². The quantitative estimate of drug-likeness (QED) is 0.721. The molecule has 0 aliphatic carbocycles. The first kappa shape index (κ1) is 10.7. The van der Waals surface area contributed by atoms with Crippen LogP contribution in [0.15, 0.2) is 30.5 Å². The van der Waals surface area contributed by atoms with Crippen LogP contribution in [0.3, 0.4) is 0 Å². The van der Waals surface area contributed by atoms with Crippen LogP contribution in [-0.4, -0.2) is 4.98 Å². The van der Waals surface area contributed by atoms with Gasteiger partial charge in [0.25, 0.3) is 0 Å². The van der Waals surface area contributed by atoms with E-state index in [2.05, 4.69) is 4.98 Å². The Balaban J connectivity index is 2.68. The normalized spacial score (nSPS) is 10.5. The molecule has 0 aliphatic heterocycles. The van der Waals surface area contributed by atoms with Gasteiger partial charge in [-0.15, -0.1) is 0 Å². The van der Waals surface area contributed by atoms with Crippen LogP contribution in [0.1, 0.15) is 5.56 Å². The number of rotatable bonds is 1. The second kappa shape index (κ2) is 3.96. The topological polar surface area (TPSA) is 12.9 Å². The summed E-state index contributed by atoms with van der Waals surface area (Å²) in [6.45, 7) is 1.51. The van der Waals surface area contributed by atoms with Gasteiger partial charge in [0, 0.05) is 12.3 Å². The highest BCUT2D eigenvalue weighted by molar-refractivity contribution is 5.61. The van der Waals surface area contributed by atoms with E-state index in [4.69, 9.17) is 0 Å². The number of pyridine rings is 1. The van der Waals surface area contributed by atoms with Crippen molar-refractivity contribution in [1.29, 1.82) is 0 Å². The Labute approximate surface area is 90.6 Å². The molecule has 0 aliphatic rings. The van der Waals surface area contributed by atoms with Crippen LogP contribution in [0.2, 0.25) is 0 Å². The van der Waals surface area contributed by atoms with Crippen molar-refractivity contribution in [2.75, 3.05) is 0 Å². The number of nitrogens with zero attached hydrogens (tertiary/aromatic N) is 1. The van der Waals surface area contributed by atoms with E-state index in [1.807, 2.05) is 0 Å². The van der Waals surface area contributed by atoms with Crippen LogP contribution in [0, 0.1) is 24.4 Å². The zero-order chi connectivity index (χ0) is 11.7. The highest BCUT2D eigenvalue weighted by atomic mass is 19.1. The molecule has 0 fully saturated rings. The van der Waals surface area contributed by atoms with E-state index in [1.165, 1.54) is 19.2 Å². The predicted molar refractivity (Wildman–Crippen MR) is 54.3 cm³/mol. The lowest BCUT2D eigenvalue weighted by Gasteiger charge is -2.06. The summed E-state index contributed by atoms with van der Waals surface area (Å²) in [7, 11) is 0. The Kier molecular flexibility index (Phi) is 2.64. The Morgan fingerprint density at radius 2 is 1.81 bits per heavy atom. The molecule has 0 N–H and O–H groups in total. The van der Waals surface area contributed by atoms with Crippen molar-refractivity contribution in [3.8, 4) is 11.3 Å². The molecule has 0 bridgehead atoms. The van der Waals surface area contributed by atoms with Gasteiger partial charge in [-0.3, -0.25) is 4.98 Å². The van der Waals surface area contributed by atoms with Crippen LogP contribution in [-0.2, 0) is 0 Å². The van der Waals surface area contributed by atoms with Crippen LogP contribution in [0.25, 0.3) is 11.3 Å². The molecule has 0 radical (unpaired) electrons. The van der Waals surface area contributed by atoms with Gasteiger partial charge in [0.15, 0.2) is 0 Å². The Morgan fingerprint density at radius 1 is 1.06 bits per heavy atom. The van der Waals surface area contributed by atoms with E-state index >= 15 is 0 Å². The van der Waals surface area contributed by atoms with Gasteiger partial charge in [0.2, 0.25) is 0 Å². The molecule has 1 aromatic heterocycles. The lowest BCUT2D eigenvalue weighted by molar-refractivity contribution is 0.581. The molecule has 4 heteroatoms. The summed E-state index contributed by atoms with van der Waals surface area (Å²) < 4.78 is 40.1. The summed E-state index contributed by atoms with van der Waals surface area (Å²) in [6.07, 6.45) is 1.17. The summed E-state index contributed by atoms with van der Waals surface area (Å²) in [5.41, 5.74) is -0.0411. The van der Waals surface area contributed by atoms with E-state index in [-0.39, 0.29) is 11.3 Å². The highest BCUT2D eigenvalue weighted by Crippen LogP contribution is 2.26. The van der Waals surface area contributed by atoms with Gasteiger partial charge < -0.3 is 0 Å². The SMILES string of the molecule is Cc1ccc(F)c(-c2cc(F)ccn2)c1F. The van der Waals surface area contributed by atoms with Gasteiger partial charge in [-0.2, -0.15) is 0 Å². The summed E-state index contributed by atoms with van der Waals surface area (Å²) >= 11 is 0. The number of halogens is 3. The maximum absolute atomic E-state index is 13.7. The molecular weight excluding hydrogens is 215 g/mol. The molecule has 0 unspecified atom stereocenters. The van der Waals surface area contributed by atoms with E-state index in [1.54, 1.807) is 0 Å². The first-order chi connectivity index (χ1) is 7.59. The largest absolute Gasteiger partial charge is 0.256 e. The minimum absolute atomic E-state index is 0.0429. The molecule has 0 saturated carbocycles. The minimum Gasteiger partial charge on any atom is -0.256 e. The van der Waals surface area contributed by atoms with Crippen molar-refractivity contribution in [3.63, 3.8) is 0 Å². The molecule has 1 heterocycles. The van der Waals surface area contributed by atoms with Gasteiger partial charge in [0.1, 0.15) is 17.5 Å². The van der Waals surface area contributed by atoms with Crippen LogP contribution < -0.4 is 0 Å². The monoisotopic (exact) mass is 223 g/mol. The van der Waals surface area contributed by atoms with Gasteiger partial charge in [-0.25, -0.2) is 13.2 Å². The van der Waals surface area contributed by atoms with Gasteiger partial charge in [-0.1, -0.05) is 6.07 Å². The lowest BCUT2D eigenvalue weighted by atomic mass is 10.1. The van der Waals surface area contributed by atoms with Gasteiger partial charge in [-0.05, 0) is 24.6 Å². The van der Waals surface area contributed by atoms with Crippen LogP contribution in [0.5, 0.6) is 0 Å². The molecule has 0 atom stereocenters. The van der Waals surface area contributed by atoms with E-state index in [0.29, 0.717) is 5.56 Å². The second-order valence-corrected chi connectivity index (χ2v) is 3.41. The zero-order valence-corrected chi connectivity index (χ0v) is 8.47. The molecule has 82 valence electrons. The zero-order valence-electron chi connectivity index (χ0n) is 8.47. The second-order valence-electron chi connectivity index (χ2n) is 3.41. The van der Waals surface area contributed by atoms with Crippen molar-refractivity contribution in [2.24, 2.45) is 0 Å². The smallest absolute Gasteiger partial charge is 0.138 e. The number of benzene rings is 1. The number of aromatic nitrogens is 1. The van der Waals surface area contributed by atoms with Crippen LogP contribution in [0.4, 0.5) is 13.2 Å². The standard InChI is InChI=1S/C12H8F3N/c1-7-2-3-9(14)11(12(7)15)10-6-8(13)4-5-16-10/h2-6H,1H3.